The van der Waals surface area contributed by atoms with E-state index >= 15 is 0 Å². The zero-order chi connectivity index (χ0) is 17.6. The maximum absolute atomic E-state index is 12.5. The second kappa shape index (κ2) is 7.76. The summed E-state index contributed by atoms with van der Waals surface area (Å²) in [4.78, 5) is 18.9. The number of carbonyl (C=O) groups excluding carboxylic acids is 1. The summed E-state index contributed by atoms with van der Waals surface area (Å²) < 4.78 is 37.6. The number of rotatable bonds is 6. The van der Waals surface area contributed by atoms with Crippen molar-refractivity contribution in [3.63, 3.8) is 0 Å². The van der Waals surface area contributed by atoms with E-state index in [-0.39, 0.29) is 31.4 Å². The van der Waals surface area contributed by atoms with E-state index in [9.17, 15) is 18.0 Å². The van der Waals surface area contributed by atoms with Crippen molar-refractivity contribution in [1.82, 2.24) is 15.3 Å². The number of benzene rings is 1. The molecular formula is C16H17F3N4O. The van der Waals surface area contributed by atoms with Gasteiger partial charge in [-0.25, -0.2) is 9.97 Å². The third-order valence-corrected chi connectivity index (χ3v) is 3.29. The molecule has 1 aromatic heterocycles. The Kier molecular flexibility index (Phi) is 5.73. The summed E-state index contributed by atoms with van der Waals surface area (Å²) in [6, 6.07) is 8.37. The average molecular weight is 338 g/mol. The first kappa shape index (κ1) is 17.7. The molecule has 2 aromatic rings. The van der Waals surface area contributed by atoms with Gasteiger partial charge in [-0.2, -0.15) is 13.2 Å². The molecule has 0 aliphatic rings. The SMILES string of the molecule is Cc1ccccc1CC(=O)NCCNc1nccc(C(F)(F)F)n1. The highest BCUT2D eigenvalue weighted by Gasteiger charge is 2.32. The average Bonchev–Trinajstić information content (AvgIpc) is 2.53. The Hall–Kier alpha value is -2.64. The molecule has 0 atom stereocenters. The monoisotopic (exact) mass is 338 g/mol. The minimum absolute atomic E-state index is 0.127. The minimum Gasteiger partial charge on any atom is -0.354 e. The highest BCUT2D eigenvalue weighted by Crippen LogP contribution is 2.27. The van der Waals surface area contributed by atoms with Crippen LogP contribution in [0.4, 0.5) is 19.1 Å². The molecule has 128 valence electrons. The van der Waals surface area contributed by atoms with Crippen LogP contribution in [0.1, 0.15) is 16.8 Å². The van der Waals surface area contributed by atoms with E-state index in [0.29, 0.717) is 0 Å². The molecule has 1 heterocycles. The molecule has 0 aliphatic heterocycles. The van der Waals surface area contributed by atoms with Crippen molar-refractivity contribution in [3.8, 4) is 0 Å². The summed E-state index contributed by atoms with van der Waals surface area (Å²) in [7, 11) is 0. The number of hydrogen-bond acceptors (Lipinski definition) is 4. The van der Waals surface area contributed by atoms with Gasteiger partial charge in [-0.1, -0.05) is 24.3 Å². The van der Waals surface area contributed by atoms with Gasteiger partial charge in [0, 0.05) is 19.3 Å². The van der Waals surface area contributed by atoms with Crippen LogP contribution >= 0.6 is 0 Å². The molecular weight excluding hydrogens is 321 g/mol. The number of aromatic nitrogens is 2. The molecule has 1 aromatic carbocycles. The lowest BCUT2D eigenvalue weighted by atomic mass is 10.1. The fourth-order valence-corrected chi connectivity index (χ4v) is 2.02. The molecule has 5 nitrogen and oxygen atoms in total. The zero-order valence-corrected chi connectivity index (χ0v) is 13.0. The predicted octanol–water partition coefficient (Wildman–Crippen LogP) is 2.57. The standard InChI is InChI=1S/C16H17F3N4O/c1-11-4-2-3-5-12(11)10-14(24)20-8-9-22-15-21-7-6-13(23-15)16(17,18)19/h2-7H,8-10H2,1H3,(H,20,24)(H,21,22,23). The number of halogens is 3. The summed E-state index contributed by atoms with van der Waals surface area (Å²) >= 11 is 0. The lowest BCUT2D eigenvalue weighted by Gasteiger charge is -2.10. The van der Waals surface area contributed by atoms with Crippen LogP contribution in [-0.4, -0.2) is 29.0 Å². The van der Waals surface area contributed by atoms with E-state index in [0.717, 1.165) is 23.4 Å². The lowest BCUT2D eigenvalue weighted by Crippen LogP contribution is -2.30. The number of hydrogen-bond donors (Lipinski definition) is 2. The third kappa shape index (κ3) is 5.22. The van der Waals surface area contributed by atoms with E-state index in [1.807, 2.05) is 31.2 Å². The van der Waals surface area contributed by atoms with E-state index in [1.54, 1.807) is 0 Å². The van der Waals surface area contributed by atoms with Crippen molar-refractivity contribution in [2.75, 3.05) is 18.4 Å². The van der Waals surface area contributed by atoms with E-state index < -0.39 is 11.9 Å². The van der Waals surface area contributed by atoms with Gasteiger partial charge < -0.3 is 10.6 Å². The van der Waals surface area contributed by atoms with Gasteiger partial charge in [0.2, 0.25) is 11.9 Å². The highest BCUT2D eigenvalue weighted by molar-refractivity contribution is 5.78. The van der Waals surface area contributed by atoms with Gasteiger partial charge in [-0.05, 0) is 24.1 Å². The summed E-state index contributed by atoms with van der Waals surface area (Å²) in [5, 5.41) is 5.35. The van der Waals surface area contributed by atoms with Crippen molar-refractivity contribution < 1.29 is 18.0 Å². The quantitative estimate of drug-likeness (QED) is 0.795. The van der Waals surface area contributed by atoms with Crippen LogP contribution in [0.5, 0.6) is 0 Å². The van der Waals surface area contributed by atoms with E-state index in [4.69, 9.17) is 0 Å². The second-order valence-electron chi connectivity index (χ2n) is 5.14. The largest absolute Gasteiger partial charge is 0.433 e. The summed E-state index contributed by atoms with van der Waals surface area (Å²) in [5.74, 6) is -0.283. The molecule has 0 saturated heterocycles. The Labute approximate surface area is 137 Å². The number of nitrogens with one attached hydrogen (secondary N) is 2. The summed E-state index contributed by atoms with van der Waals surface area (Å²) in [6.07, 6.45) is -3.22. The first-order valence-electron chi connectivity index (χ1n) is 7.31. The molecule has 2 rings (SSSR count). The molecule has 2 N–H and O–H groups in total. The lowest BCUT2D eigenvalue weighted by molar-refractivity contribution is -0.141. The van der Waals surface area contributed by atoms with Gasteiger partial charge in [-0.3, -0.25) is 4.79 Å². The summed E-state index contributed by atoms with van der Waals surface area (Å²) in [5.41, 5.74) is 0.955. The van der Waals surface area contributed by atoms with Crippen LogP contribution in [0.2, 0.25) is 0 Å². The molecule has 0 bridgehead atoms. The first-order chi connectivity index (χ1) is 11.4. The normalized spacial score (nSPS) is 11.2. The van der Waals surface area contributed by atoms with Gasteiger partial charge >= 0.3 is 6.18 Å². The Morgan fingerprint density at radius 1 is 1.17 bits per heavy atom. The van der Waals surface area contributed by atoms with Crippen LogP contribution < -0.4 is 10.6 Å². The smallest absolute Gasteiger partial charge is 0.354 e. The second-order valence-corrected chi connectivity index (χ2v) is 5.14. The van der Waals surface area contributed by atoms with Crippen molar-refractivity contribution >= 4 is 11.9 Å². The minimum atomic E-state index is -4.51. The van der Waals surface area contributed by atoms with Gasteiger partial charge in [0.1, 0.15) is 5.69 Å². The van der Waals surface area contributed by atoms with Gasteiger partial charge in [-0.15, -0.1) is 0 Å². The number of carbonyl (C=O) groups is 1. The van der Waals surface area contributed by atoms with Crippen molar-refractivity contribution in [3.05, 3.63) is 53.3 Å². The van der Waals surface area contributed by atoms with Gasteiger partial charge in [0.05, 0.1) is 6.42 Å². The molecule has 1 amide bonds. The molecule has 0 fully saturated rings. The maximum Gasteiger partial charge on any atom is 0.433 e. The molecule has 0 aliphatic carbocycles. The number of aryl methyl sites for hydroxylation is 1. The van der Waals surface area contributed by atoms with Gasteiger partial charge in [0.25, 0.3) is 0 Å². The molecule has 0 radical (unpaired) electrons. The molecule has 0 saturated carbocycles. The predicted molar refractivity (Wildman–Crippen MR) is 83.4 cm³/mol. The van der Waals surface area contributed by atoms with Crippen LogP contribution in [-0.2, 0) is 17.4 Å². The van der Waals surface area contributed by atoms with Crippen molar-refractivity contribution in [2.45, 2.75) is 19.5 Å². The molecule has 8 heteroatoms. The number of amides is 1. The number of anilines is 1. The van der Waals surface area contributed by atoms with Crippen LogP contribution in [0.3, 0.4) is 0 Å². The van der Waals surface area contributed by atoms with Crippen LogP contribution in [0, 0.1) is 6.92 Å². The Morgan fingerprint density at radius 3 is 2.62 bits per heavy atom. The fourth-order valence-electron chi connectivity index (χ4n) is 2.02. The van der Waals surface area contributed by atoms with Crippen molar-refractivity contribution in [1.29, 1.82) is 0 Å². The maximum atomic E-state index is 12.5. The third-order valence-electron chi connectivity index (χ3n) is 3.29. The number of nitrogens with zero attached hydrogens (tertiary/aromatic N) is 2. The van der Waals surface area contributed by atoms with E-state index in [2.05, 4.69) is 20.6 Å². The van der Waals surface area contributed by atoms with Gasteiger partial charge in [0.15, 0.2) is 0 Å². The first-order valence-corrected chi connectivity index (χ1v) is 7.31. The van der Waals surface area contributed by atoms with Crippen molar-refractivity contribution in [2.24, 2.45) is 0 Å². The molecule has 0 unspecified atom stereocenters. The highest BCUT2D eigenvalue weighted by atomic mass is 19.4. The Balaban J connectivity index is 1.77. The van der Waals surface area contributed by atoms with Crippen LogP contribution in [0.15, 0.2) is 36.5 Å². The Bertz CT molecular complexity index is 704. The fraction of sp³-hybridized carbons (Fsp3) is 0.312. The topological polar surface area (TPSA) is 66.9 Å². The Morgan fingerprint density at radius 2 is 1.92 bits per heavy atom. The van der Waals surface area contributed by atoms with E-state index in [1.165, 1.54) is 0 Å². The zero-order valence-electron chi connectivity index (χ0n) is 13.0. The number of alkyl halides is 3. The molecule has 0 spiro atoms. The summed E-state index contributed by atoms with van der Waals surface area (Å²) in [6.45, 7) is 2.40. The molecule has 24 heavy (non-hydrogen) atoms. The van der Waals surface area contributed by atoms with Crippen LogP contribution in [0.25, 0.3) is 0 Å².